The Morgan fingerprint density at radius 1 is 1.03 bits per heavy atom. The molecule has 0 aromatic carbocycles. The molecule has 1 heterocycles. The van der Waals surface area contributed by atoms with Gasteiger partial charge in [0.1, 0.15) is 24.2 Å². The van der Waals surface area contributed by atoms with Crippen LogP contribution in [0.15, 0.2) is 4.99 Å². The van der Waals surface area contributed by atoms with Crippen LogP contribution in [0.25, 0.3) is 0 Å². The predicted octanol–water partition coefficient (Wildman–Crippen LogP) is -4.32. The lowest BCUT2D eigenvalue weighted by molar-refractivity contribution is -0.142. The summed E-state index contributed by atoms with van der Waals surface area (Å²) < 4.78 is 0. The highest BCUT2D eigenvalue weighted by Gasteiger charge is 2.34. The molecule has 4 unspecified atom stereocenters. The topological polar surface area (TPSA) is 264 Å². The standard InChI is InChI=1S/C21H37N9O7/c1-11(28-19(35)14-6-4-8-30(14)16(32)9-22)17(33)26-10-15(31)27-12(2)18(34)29-13(20(36)37)5-3-7-25-21(23)24/h11-14H,3-10,22H2,1-2H3,(H,26,33)(H,27,31)(H,28,35)(H,29,34)(H,36,37)(H4,23,24,25). The number of carboxylic acids is 1. The summed E-state index contributed by atoms with van der Waals surface area (Å²) in [5, 5.41) is 18.8. The number of nitrogens with zero attached hydrogens (tertiary/aromatic N) is 2. The molecule has 0 aromatic rings. The molecule has 37 heavy (non-hydrogen) atoms. The molecule has 1 aliphatic heterocycles. The summed E-state index contributed by atoms with van der Waals surface area (Å²) in [4.78, 5) is 77.6. The summed E-state index contributed by atoms with van der Waals surface area (Å²) >= 11 is 0. The van der Waals surface area contributed by atoms with Gasteiger partial charge in [-0.1, -0.05) is 0 Å². The number of nitrogens with two attached hydrogens (primary N) is 3. The van der Waals surface area contributed by atoms with E-state index in [2.05, 4.69) is 26.3 Å². The fourth-order valence-electron chi connectivity index (χ4n) is 3.57. The molecule has 1 rings (SSSR count). The lowest BCUT2D eigenvalue weighted by atomic mass is 10.1. The van der Waals surface area contributed by atoms with Crippen LogP contribution in [0.5, 0.6) is 0 Å². The number of rotatable bonds is 14. The SMILES string of the molecule is CC(NC(=O)CNC(=O)C(C)NC(=O)C1CCCN1C(=O)CN)C(=O)NC(CCCN=C(N)N)C(=O)O. The van der Waals surface area contributed by atoms with Gasteiger partial charge in [-0.05, 0) is 39.5 Å². The molecule has 4 atom stereocenters. The first kappa shape index (κ1) is 31.1. The third-order valence-corrected chi connectivity index (χ3v) is 5.56. The first-order chi connectivity index (χ1) is 17.4. The Bertz CT molecular complexity index is 892. The zero-order valence-corrected chi connectivity index (χ0v) is 21.0. The van der Waals surface area contributed by atoms with Crippen molar-refractivity contribution < 1.29 is 33.9 Å². The van der Waals surface area contributed by atoms with Crippen molar-refractivity contribution >= 4 is 41.5 Å². The minimum atomic E-state index is -1.26. The first-order valence-corrected chi connectivity index (χ1v) is 11.8. The Kier molecular flexibility index (Phi) is 12.8. The Hall–Kier alpha value is -3.95. The van der Waals surface area contributed by atoms with Gasteiger partial charge in [0.05, 0.1) is 13.1 Å². The van der Waals surface area contributed by atoms with E-state index in [1.54, 1.807) is 0 Å². The van der Waals surface area contributed by atoms with Crippen LogP contribution in [0.2, 0.25) is 0 Å². The highest BCUT2D eigenvalue weighted by molar-refractivity contribution is 5.94. The van der Waals surface area contributed by atoms with Gasteiger partial charge < -0.3 is 48.5 Å². The van der Waals surface area contributed by atoms with Crippen LogP contribution < -0.4 is 38.5 Å². The molecule has 16 heteroatoms. The number of carbonyl (C=O) groups is 6. The number of hydrogen-bond acceptors (Lipinski definition) is 8. The Morgan fingerprint density at radius 3 is 2.27 bits per heavy atom. The number of amides is 5. The van der Waals surface area contributed by atoms with Gasteiger partial charge in [0, 0.05) is 13.1 Å². The van der Waals surface area contributed by atoms with Crippen LogP contribution in [0.3, 0.4) is 0 Å². The van der Waals surface area contributed by atoms with E-state index in [-0.39, 0.29) is 31.4 Å². The number of aliphatic carboxylic acids is 1. The molecule has 0 spiro atoms. The van der Waals surface area contributed by atoms with Crippen molar-refractivity contribution in [3.8, 4) is 0 Å². The molecule has 5 amide bonds. The second-order valence-corrected chi connectivity index (χ2v) is 8.53. The van der Waals surface area contributed by atoms with E-state index in [1.165, 1.54) is 18.7 Å². The smallest absolute Gasteiger partial charge is 0.326 e. The Balaban J connectivity index is 2.46. The predicted molar refractivity (Wildman–Crippen MR) is 131 cm³/mol. The van der Waals surface area contributed by atoms with E-state index in [0.29, 0.717) is 25.8 Å². The number of hydrogen-bond donors (Lipinski definition) is 8. The molecule has 0 bridgehead atoms. The fourth-order valence-corrected chi connectivity index (χ4v) is 3.57. The second kappa shape index (κ2) is 15.2. The zero-order chi connectivity index (χ0) is 28.1. The Morgan fingerprint density at radius 2 is 1.68 bits per heavy atom. The highest BCUT2D eigenvalue weighted by atomic mass is 16.4. The summed E-state index contributed by atoms with van der Waals surface area (Å²) in [6.45, 7) is 2.67. The molecular formula is C21H37N9O7. The van der Waals surface area contributed by atoms with Gasteiger partial charge >= 0.3 is 5.97 Å². The third-order valence-electron chi connectivity index (χ3n) is 5.56. The maximum Gasteiger partial charge on any atom is 0.326 e. The average molecular weight is 528 g/mol. The molecule has 0 radical (unpaired) electrons. The van der Waals surface area contributed by atoms with Gasteiger partial charge in [0.15, 0.2) is 5.96 Å². The van der Waals surface area contributed by atoms with Gasteiger partial charge in [0.25, 0.3) is 0 Å². The molecule has 16 nitrogen and oxygen atoms in total. The number of likely N-dealkylation sites (tertiary alicyclic amines) is 1. The second-order valence-electron chi connectivity index (χ2n) is 8.53. The van der Waals surface area contributed by atoms with Crippen molar-refractivity contribution in [2.45, 2.75) is 63.7 Å². The van der Waals surface area contributed by atoms with E-state index in [0.717, 1.165) is 0 Å². The molecule has 11 N–H and O–H groups in total. The van der Waals surface area contributed by atoms with Crippen molar-refractivity contribution in [3.63, 3.8) is 0 Å². The van der Waals surface area contributed by atoms with Crippen molar-refractivity contribution in [2.24, 2.45) is 22.2 Å². The molecule has 1 saturated heterocycles. The van der Waals surface area contributed by atoms with Gasteiger partial charge in [-0.25, -0.2) is 4.79 Å². The van der Waals surface area contributed by atoms with Crippen LogP contribution >= 0.6 is 0 Å². The maximum absolute atomic E-state index is 12.5. The molecular weight excluding hydrogens is 490 g/mol. The minimum absolute atomic E-state index is 0.0667. The molecule has 208 valence electrons. The van der Waals surface area contributed by atoms with Crippen molar-refractivity contribution in [2.75, 3.05) is 26.2 Å². The summed E-state index contributed by atoms with van der Waals surface area (Å²) in [6.07, 6.45) is 1.46. The molecule has 1 fully saturated rings. The number of nitrogens with one attached hydrogen (secondary N) is 4. The number of guanidine groups is 1. The summed E-state index contributed by atoms with van der Waals surface area (Å²) in [7, 11) is 0. The highest BCUT2D eigenvalue weighted by Crippen LogP contribution is 2.17. The van der Waals surface area contributed by atoms with E-state index < -0.39 is 60.3 Å². The molecule has 0 saturated carbocycles. The average Bonchev–Trinajstić information content (AvgIpc) is 3.33. The van der Waals surface area contributed by atoms with E-state index >= 15 is 0 Å². The van der Waals surface area contributed by atoms with Crippen LogP contribution in [-0.4, -0.2) is 102 Å². The molecule has 0 aliphatic carbocycles. The van der Waals surface area contributed by atoms with E-state index in [1.807, 2.05) is 0 Å². The maximum atomic E-state index is 12.5. The van der Waals surface area contributed by atoms with Crippen LogP contribution in [0.4, 0.5) is 0 Å². The molecule has 0 aromatic heterocycles. The number of carboxylic acid groups (broad SMARTS) is 1. The fraction of sp³-hybridized carbons (Fsp3) is 0.667. The lowest BCUT2D eigenvalue weighted by Crippen LogP contribution is -2.54. The van der Waals surface area contributed by atoms with Gasteiger partial charge in [-0.15, -0.1) is 0 Å². The monoisotopic (exact) mass is 527 g/mol. The quantitative estimate of drug-likeness (QED) is 0.0611. The normalized spacial score (nSPS) is 17.1. The van der Waals surface area contributed by atoms with E-state index in [9.17, 15) is 33.9 Å². The van der Waals surface area contributed by atoms with Crippen LogP contribution in [0.1, 0.15) is 39.5 Å². The number of carbonyl (C=O) groups excluding carboxylic acids is 5. The third kappa shape index (κ3) is 10.7. The van der Waals surface area contributed by atoms with Gasteiger partial charge in [0.2, 0.25) is 29.5 Å². The molecule has 1 aliphatic rings. The van der Waals surface area contributed by atoms with Crippen molar-refractivity contribution in [1.29, 1.82) is 0 Å². The summed E-state index contributed by atoms with van der Waals surface area (Å²) in [5.74, 6) is -4.33. The van der Waals surface area contributed by atoms with Crippen molar-refractivity contribution in [3.05, 3.63) is 0 Å². The van der Waals surface area contributed by atoms with Crippen LogP contribution in [-0.2, 0) is 28.8 Å². The van der Waals surface area contributed by atoms with Crippen LogP contribution in [0, 0.1) is 0 Å². The first-order valence-electron chi connectivity index (χ1n) is 11.8. The lowest BCUT2D eigenvalue weighted by Gasteiger charge is -2.25. The van der Waals surface area contributed by atoms with Crippen molar-refractivity contribution in [1.82, 2.24) is 26.2 Å². The summed E-state index contributed by atoms with van der Waals surface area (Å²) in [6, 6.07) is -4.00. The van der Waals surface area contributed by atoms with E-state index in [4.69, 9.17) is 17.2 Å². The zero-order valence-electron chi connectivity index (χ0n) is 21.0. The summed E-state index contributed by atoms with van der Waals surface area (Å²) in [5.41, 5.74) is 15.8. The largest absolute Gasteiger partial charge is 0.480 e. The minimum Gasteiger partial charge on any atom is -0.480 e. The van der Waals surface area contributed by atoms with Gasteiger partial charge in [-0.2, -0.15) is 0 Å². The van der Waals surface area contributed by atoms with Gasteiger partial charge in [-0.3, -0.25) is 29.0 Å². The Labute approximate surface area is 214 Å². The number of aliphatic imine (C=N–C) groups is 1.